The van der Waals surface area contributed by atoms with Crippen LogP contribution in [0, 0.1) is 13.8 Å². The Labute approximate surface area is 115 Å². The van der Waals surface area contributed by atoms with Gasteiger partial charge in [0.2, 0.25) is 0 Å². The van der Waals surface area contributed by atoms with Gasteiger partial charge in [0.25, 0.3) is 0 Å². The molecule has 1 unspecified atom stereocenters. The predicted molar refractivity (Wildman–Crippen MR) is 79.6 cm³/mol. The molecular formula is C16H23N3. The topological polar surface area (TPSA) is 29.9 Å². The molecule has 3 heteroatoms. The average molecular weight is 257 g/mol. The third-order valence-electron chi connectivity index (χ3n) is 3.76. The van der Waals surface area contributed by atoms with E-state index >= 15 is 0 Å². The molecule has 2 aromatic rings. The number of hydrogen-bond acceptors (Lipinski definition) is 2. The number of likely N-dealkylation sites (N-methyl/N-ethyl adjacent to an activating group) is 1. The summed E-state index contributed by atoms with van der Waals surface area (Å²) >= 11 is 0. The minimum Gasteiger partial charge on any atom is -0.330 e. The lowest BCUT2D eigenvalue weighted by atomic mass is 10.00. The van der Waals surface area contributed by atoms with E-state index in [2.05, 4.69) is 53.0 Å². The first-order valence-corrected chi connectivity index (χ1v) is 6.83. The highest BCUT2D eigenvalue weighted by molar-refractivity contribution is 5.26. The Morgan fingerprint density at radius 3 is 2.42 bits per heavy atom. The molecule has 1 heterocycles. The van der Waals surface area contributed by atoms with Gasteiger partial charge < -0.3 is 9.88 Å². The molecule has 0 aliphatic carbocycles. The third kappa shape index (κ3) is 3.24. The normalized spacial score (nSPS) is 12.6. The van der Waals surface area contributed by atoms with Gasteiger partial charge in [-0.15, -0.1) is 0 Å². The lowest BCUT2D eigenvalue weighted by Crippen LogP contribution is -2.14. The highest BCUT2D eigenvalue weighted by Gasteiger charge is 2.05. The fourth-order valence-electron chi connectivity index (χ4n) is 2.28. The van der Waals surface area contributed by atoms with E-state index in [-0.39, 0.29) is 0 Å². The molecule has 0 spiro atoms. The highest BCUT2D eigenvalue weighted by Crippen LogP contribution is 2.16. The Morgan fingerprint density at radius 1 is 1.21 bits per heavy atom. The van der Waals surface area contributed by atoms with Crippen LogP contribution in [0.4, 0.5) is 0 Å². The molecule has 0 aliphatic rings. The van der Waals surface area contributed by atoms with Crippen LogP contribution in [0.25, 0.3) is 0 Å². The Bertz CT molecular complexity index is 525. The summed E-state index contributed by atoms with van der Waals surface area (Å²) in [6.07, 6.45) is 1.92. The van der Waals surface area contributed by atoms with Gasteiger partial charge in [0.1, 0.15) is 0 Å². The van der Waals surface area contributed by atoms with Gasteiger partial charge in [-0.1, -0.05) is 31.2 Å². The van der Waals surface area contributed by atoms with Crippen LogP contribution in [0.5, 0.6) is 0 Å². The lowest BCUT2D eigenvalue weighted by molar-refractivity contribution is 0.677. The average Bonchev–Trinajstić information content (AvgIpc) is 2.72. The van der Waals surface area contributed by atoms with Gasteiger partial charge in [-0.05, 0) is 37.9 Å². The summed E-state index contributed by atoms with van der Waals surface area (Å²) in [5.74, 6) is 0.552. The molecule has 1 aromatic carbocycles. The zero-order chi connectivity index (χ0) is 13.8. The number of hydrogen-bond donors (Lipinski definition) is 1. The molecule has 1 aromatic heterocycles. The smallest absolute Gasteiger partial charge is 0.0954 e. The SMILES string of the molecule is CNCC(C)c1ccc(Cn2cnc(C)c2C)cc1. The van der Waals surface area contributed by atoms with Crippen LogP contribution in [0.3, 0.4) is 0 Å². The second-order valence-electron chi connectivity index (χ2n) is 5.24. The van der Waals surface area contributed by atoms with Crippen molar-refractivity contribution in [1.29, 1.82) is 0 Å². The number of benzene rings is 1. The maximum absolute atomic E-state index is 4.34. The van der Waals surface area contributed by atoms with Gasteiger partial charge in [-0.3, -0.25) is 0 Å². The summed E-state index contributed by atoms with van der Waals surface area (Å²) in [6, 6.07) is 8.90. The first kappa shape index (κ1) is 13.8. The highest BCUT2D eigenvalue weighted by atomic mass is 15.0. The number of aryl methyl sites for hydroxylation is 1. The van der Waals surface area contributed by atoms with E-state index in [9.17, 15) is 0 Å². The van der Waals surface area contributed by atoms with E-state index < -0.39 is 0 Å². The van der Waals surface area contributed by atoms with Crippen LogP contribution in [0.15, 0.2) is 30.6 Å². The van der Waals surface area contributed by atoms with E-state index in [0.717, 1.165) is 18.8 Å². The molecule has 0 fully saturated rings. The first-order chi connectivity index (χ1) is 9.11. The number of nitrogens with one attached hydrogen (secondary N) is 1. The number of aromatic nitrogens is 2. The van der Waals surface area contributed by atoms with Crippen molar-refractivity contribution in [2.45, 2.75) is 33.2 Å². The molecule has 102 valence electrons. The maximum Gasteiger partial charge on any atom is 0.0954 e. The van der Waals surface area contributed by atoms with Gasteiger partial charge in [-0.2, -0.15) is 0 Å². The predicted octanol–water partition coefficient (Wildman–Crippen LogP) is 2.87. The molecule has 2 rings (SSSR count). The van der Waals surface area contributed by atoms with Crippen LogP contribution in [0.2, 0.25) is 0 Å². The molecule has 19 heavy (non-hydrogen) atoms. The van der Waals surface area contributed by atoms with Crippen LogP contribution >= 0.6 is 0 Å². The van der Waals surface area contributed by atoms with Crippen LogP contribution in [0.1, 0.15) is 35.4 Å². The Hall–Kier alpha value is -1.61. The molecule has 0 aliphatic heterocycles. The Kier molecular flexibility index (Phi) is 4.38. The second-order valence-corrected chi connectivity index (χ2v) is 5.24. The van der Waals surface area contributed by atoms with Crippen molar-refractivity contribution >= 4 is 0 Å². The van der Waals surface area contributed by atoms with E-state index in [0.29, 0.717) is 5.92 Å². The quantitative estimate of drug-likeness (QED) is 0.892. The van der Waals surface area contributed by atoms with Crippen molar-refractivity contribution < 1.29 is 0 Å². The number of rotatable bonds is 5. The zero-order valence-corrected chi connectivity index (χ0v) is 12.3. The summed E-state index contributed by atoms with van der Waals surface area (Å²) in [6.45, 7) is 8.32. The summed E-state index contributed by atoms with van der Waals surface area (Å²) < 4.78 is 2.20. The zero-order valence-electron chi connectivity index (χ0n) is 12.3. The van der Waals surface area contributed by atoms with Gasteiger partial charge in [0, 0.05) is 18.8 Å². The van der Waals surface area contributed by atoms with Gasteiger partial charge in [-0.25, -0.2) is 4.98 Å². The van der Waals surface area contributed by atoms with Gasteiger partial charge in [0.15, 0.2) is 0 Å². The summed E-state index contributed by atoms with van der Waals surface area (Å²) in [7, 11) is 2.00. The maximum atomic E-state index is 4.34. The lowest BCUT2D eigenvalue weighted by Gasteiger charge is -2.12. The van der Waals surface area contributed by atoms with E-state index in [1.54, 1.807) is 0 Å². The summed E-state index contributed by atoms with van der Waals surface area (Å²) in [5.41, 5.74) is 5.06. The molecule has 0 amide bonds. The minimum absolute atomic E-state index is 0.552. The van der Waals surface area contributed by atoms with Crippen LogP contribution in [-0.4, -0.2) is 23.1 Å². The molecule has 0 radical (unpaired) electrons. The third-order valence-corrected chi connectivity index (χ3v) is 3.76. The fraction of sp³-hybridized carbons (Fsp3) is 0.438. The van der Waals surface area contributed by atoms with Crippen molar-refractivity contribution in [3.63, 3.8) is 0 Å². The van der Waals surface area contributed by atoms with Crippen molar-refractivity contribution in [3.05, 3.63) is 53.1 Å². The standard InChI is InChI=1S/C16H23N3/c1-12(9-17-4)16-7-5-15(6-8-16)10-19-11-18-13(2)14(19)3/h5-8,11-12,17H,9-10H2,1-4H3. The van der Waals surface area contributed by atoms with Crippen LogP contribution < -0.4 is 5.32 Å². The second kappa shape index (κ2) is 6.02. The number of nitrogens with zero attached hydrogens (tertiary/aromatic N) is 2. The van der Waals surface area contributed by atoms with E-state index in [4.69, 9.17) is 0 Å². The monoisotopic (exact) mass is 257 g/mol. The molecular weight excluding hydrogens is 234 g/mol. The molecule has 0 bridgehead atoms. The van der Waals surface area contributed by atoms with E-state index in [1.807, 2.05) is 20.3 Å². The molecule has 0 saturated carbocycles. The largest absolute Gasteiger partial charge is 0.330 e. The molecule has 3 nitrogen and oxygen atoms in total. The molecule has 1 atom stereocenters. The van der Waals surface area contributed by atoms with Crippen molar-refractivity contribution in [1.82, 2.24) is 14.9 Å². The minimum atomic E-state index is 0.552. The molecule has 1 N–H and O–H groups in total. The van der Waals surface area contributed by atoms with Gasteiger partial charge >= 0.3 is 0 Å². The van der Waals surface area contributed by atoms with Crippen LogP contribution in [-0.2, 0) is 6.54 Å². The first-order valence-electron chi connectivity index (χ1n) is 6.83. The van der Waals surface area contributed by atoms with Gasteiger partial charge in [0.05, 0.1) is 12.0 Å². The summed E-state index contributed by atoms with van der Waals surface area (Å²) in [5, 5.41) is 3.22. The van der Waals surface area contributed by atoms with Crippen molar-refractivity contribution in [2.75, 3.05) is 13.6 Å². The van der Waals surface area contributed by atoms with Crippen molar-refractivity contribution in [2.24, 2.45) is 0 Å². The van der Waals surface area contributed by atoms with E-state index in [1.165, 1.54) is 16.8 Å². The van der Waals surface area contributed by atoms with Crippen molar-refractivity contribution in [3.8, 4) is 0 Å². The Balaban J connectivity index is 2.08. The summed E-state index contributed by atoms with van der Waals surface area (Å²) in [4.78, 5) is 4.34. The number of imidazole rings is 1. The fourth-order valence-corrected chi connectivity index (χ4v) is 2.28. The Morgan fingerprint density at radius 2 is 1.89 bits per heavy atom. The molecule has 0 saturated heterocycles.